The predicted octanol–water partition coefficient (Wildman–Crippen LogP) is 5.76. The van der Waals surface area contributed by atoms with E-state index in [1.54, 1.807) is 13.4 Å². The third-order valence-electron chi connectivity index (χ3n) is 5.49. The van der Waals surface area contributed by atoms with Crippen LogP contribution in [0.5, 0.6) is 5.75 Å². The number of aromatic nitrogens is 4. The third-order valence-corrected chi connectivity index (χ3v) is 5.49. The number of nitrogens with zero attached hydrogens (tertiary/aromatic N) is 4. The second kappa shape index (κ2) is 8.55. The van der Waals surface area contributed by atoms with Crippen LogP contribution < -0.4 is 4.74 Å². The van der Waals surface area contributed by atoms with E-state index in [4.69, 9.17) is 9.72 Å². The van der Waals surface area contributed by atoms with Gasteiger partial charge in [0.15, 0.2) is 0 Å². The van der Waals surface area contributed by atoms with Crippen LogP contribution in [-0.2, 0) is 6.54 Å². The molecule has 0 unspecified atom stereocenters. The molecule has 0 aliphatic heterocycles. The molecule has 5 nitrogen and oxygen atoms in total. The summed E-state index contributed by atoms with van der Waals surface area (Å²) in [6, 6.07) is 24.9. The monoisotopic (exact) mass is 420 g/mol. The Bertz CT molecular complexity index is 1400. The molecule has 0 bridgehead atoms. The van der Waals surface area contributed by atoms with Crippen LogP contribution in [-0.4, -0.2) is 26.2 Å². The molecule has 5 rings (SSSR count). The van der Waals surface area contributed by atoms with Crippen molar-refractivity contribution in [1.29, 1.82) is 0 Å². The van der Waals surface area contributed by atoms with Crippen molar-refractivity contribution in [3.05, 3.63) is 108 Å². The number of fused-ring (bicyclic) bond motifs is 1. The van der Waals surface area contributed by atoms with Gasteiger partial charge in [-0.2, -0.15) is 0 Å². The molecule has 3 aromatic carbocycles. The Hall–Kier alpha value is -4.12. The lowest BCUT2D eigenvalue weighted by atomic mass is 10.1. The fourth-order valence-corrected chi connectivity index (χ4v) is 3.89. The molecular formula is C27H24N4O. The Balaban J connectivity index is 1.50. The third kappa shape index (κ3) is 3.93. The molecule has 0 spiro atoms. The van der Waals surface area contributed by atoms with E-state index in [1.807, 2.05) is 42.0 Å². The van der Waals surface area contributed by atoms with E-state index in [0.717, 1.165) is 46.1 Å². The molecule has 0 radical (unpaired) electrons. The number of hydrogen-bond donors (Lipinski definition) is 0. The molecule has 5 aromatic rings. The Kier molecular flexibility index (Phi) is 5.30. The van der Waals surface area contributed by atoms with Crippen LogP contribution in [0, 0.1) is 6.92 Å². The van der Waals surface area contributed by atoms with Gasteiger partial charge < -0.3 is 13.9 Å². The zero-order chi connectivity index (χ0) is 21.9. The van der Waals surface area contributed by atoms with Crippen LogP contribution in [0.2, 0.25) is 0 Å². The SMILES string of the molecule is COc1cc(/C=C/c2nc3ccccc3n2Cc2ccccc2)ccc1-n1cnc(C)c1. The van der Waals surface area contributed by atoms with Crippen molar-refractivity contribution in [3.63, 3.8) is 0 Å². The minimum atomic E-state index is 0.767. The van der Waals surface area contributed by atoms with Crippen molar-refractivity contribution >= 4 is 23.2 Å². The fraction of sp³-hybridized carbons (Fsp3) is 0.111. The van der Waals surface area contributed by atoms with E-state index in [2.05, 4.69) is 70.2 Å². The van der Waals surface area contributed by atoms with Crippen LogP contribution in [0.15, 0.2) is 85.3 Å². The average molecular weight is 421 g/mol. The molecular weight excluding hydrogens is 396 g/mol. The molecule has 0 saturated heterocycles. The number of imidazole rings is 2. The number of para-hydroxylation sites is 2. The lowest BCUT2D eigenvalue weighted by Crippen LogP contribution is -2.02. The first-order chi connectivity index (χ1) is 15.7. The standard InChI is InChI=1S/C27H24N4O/c1-20-17-30(19-28-20)25-14-12-21(16-26(25)32-2)13-15-27-29-23-10-6-7-11-24(23)31(27)18-22-8-4-3-5-9-22/h3-17,19H,18H2,1-2H3/b15-13+. The summed E-state index contributed by atoms with van der Waals surface area (Å²) < 4.78 is 9.87. The molecule has 0 atom stereocenters. The van der Waals surface area contributed by atoms with Gasteiger partial charge in [0.25, 0.3) is 0 Å². The molecule has 32 heavy (non-hydrogen) atoms. The summed E-state index contributed by atoms with van der Waals surface area (Å²) in [6.45, 7) is 2.74. The number of rotatable bonds is 6. The molecule has 5 heteroatoms. The van der Waals surface area contributed by atoms with Gasteiger partial charge in [0.1, 0.15) is 11.6 Å². The van der Waals surface area contributed by atoms with Gasteiger partial charge in [-0.25, -0.2) is 9.97 Å². The maximum absolute atomic E-state index is 5.65. The Morgan fingerprint density at radius 2 is 1.75 bits per heavy atom. The average Bonchev–Trinajstić information content (AvgIpc) is 3.41. The Morgan fingerprint density at radius 1 is 0.938 bits per heavy atom. The van der Waals surface area contributed by atoms with Gasteiger partial charge >= 0.3 is 0 Å². The highest BCUT2D eigenvalue weighted by Gasteiger charge is 2.10. The summed E-state index contributed by atoms with van der Waals surface area (Å²) in [5.41, 5.74) is 6.33. The normalized spacial score (nSPS) is 11.4. The first-order valence-corrected chi connectivity index (χ1v) is 10.6. The van der Waals surface area contributed by atoms with Gasteiger partial charge in [0.05, 0.1) is 35.9 Å². The van der Waals surface area contributed by atoms with E-state index in [-0.39, 0.29) is 0 Å². The Labute approximate surface area is 187 Å². The van der Waals surface area contributed by atoms with Gasteiger partial charge in [0.2, 0.25) is 0 Å². The maximum Gasteiger partial charge on any atom is 0.143 e. The van der Waals surface area contributed by atoms with Crippen molar-refractivity contribution in [1.82, 2.24) is 19.1 Å². The highest BCUT2D eigenvalue weighted by molar-refractivity contribution is 5.80. The van der Waals surface area contributed by atoms with Crippen LogP contribution in [0.1, 0.15) is 22.6 Å². The smallest absolute Gasteiger partial charge is 0.143 e. The summed E-state index contributed by atoms with van der Waals surface area (Å²) in [6.07, 6.45) is 7.93. The molecule has 0 amide bonds. The lowest BCUT2D eigenvalue weighted by Gasteiger charge is -2.10. The summed E-state index contributed by atoms with van der Waals surface area (Å²) in [7, 11) is 1.69. The number of benzene rings is 3. The number of hydrogen-bond acceptors (Lipinski definition) is 3. The van der Waals surface area contributed by atoms with Gasteiger partial charge in [-0.05, 0) is 48.4 Å². The lowest BCUT2D eigenvalue weighted by molar-refractivity contribution is 0.413. The zero-order valence-corrected chi connectivity index (χ0v) is 18.1. The summed E-state index contributed by atoms with van der Waals surface area (Å²) in [4.78, 5) is 9.18. The van der Waals surface area contributed by atoms with Gasteiger partial charge in [-0.15, -0.1) is 0 Å². The van der Waals surface area contributed by atoms with Gasteiger partial charge in [-0.3, -0.25) is 0 Å². The molecule has 0 N–H and O–H groups in total. The molecule has 2 aromatic heterocycles. The van der Waals surface area contributed by atoms with E-state index in [0.29, 0.717) is 0 Å². The van der Waals surface area contributed by atoms with Gasteiger partial charge in [-0.1, -0.05) is 54.6 Å². The predicted molar refractivity (Wildman–Crippen MR) is 129 cm³/mol. The highest BCUT2D eigenvalue weighted by Crippen LogP contribution is 2.26. The summed E-state index contributed by atoms with van der Waals surface area (Å²) in [5.74, 6) is 1.71. The van der Waals surface area contributed by atoms with Gasteiger partial charge in [0, 0.05) is 12.7 Å². The summed E-state index contributed by atoms with van der Waals surface area (Å²) >= 11 is 0. The second-order valence-electron chi connectivity index (χ2n) is 7.72. The number of ether oxygens (including phenoxy) is 1. The summed E-state index contributed by atoms with van der Waals surface area (Å²) in [5, 5.41) is 0. The van der Waals surface area contributed by atoms with Crippen LogP contribution in [0.4, 0.5) is 0 Å². The maximum atomic E-state index is 5.65. The number of aryl methyl sites for hydroxylation is 1. The van der Waals surface area contributed by atoms with E-state index >= 15 is 0 Å². The van der Waals surface area contributed by atoms with Crippen molar-refractivity contribution < 1.29 is 4.74 Å². The molecule has 0 aliphatic carbocycles. The van der Waals surface area contributed by atoms with Crippen molar-refractivity contribution in [2.24, 2.45) is 0 Å². The van der Waals surface area contributed by atoms with Crippen molar-refractivity contribution in [2.45, 2.75) is 13.5 Å². The van der Waals surface area contributed by atoms with Crippen LogP contribution >= 0.6 is 0 Å². The van der Waals surface area contributed by atoms with E-state index in [1.165, 1.54) is 5.56 Å². The van der Waals surface area contributed by atoms with Crippen LogP contribution in [0.3, 0.4) is 0 Å². The highest BCUT2D eigenvalue weighted by atomic mass is 16.5. The molecule has 0 fully saturated rings. The van der Waals surface area contributed by atoms with Crippen molar-refractivity contribution in [3.8, 4) is 11.4 Å². The second-order valence-corrected chi connectivity index (χ2v) is 7.72. The fourth-order valence-electron chi connectivity index (χ4n) is 3.89. The van der Waals surface area contributed by atoms with Crippen molar-refractivity contribution in [2.75, 3.05) is 7.11 Å². The molecule has 0 saturated carbocycles. The first kappa shape index (κ1) is 19.8. The van der Waals surface area contributed by atoms with Crippen LogP contribution in [0.25, 0.3) is 28.9 Å². The minimum absolute atomic E-state index is 0.767. The number of methoxy groups -OCH3 is 1. The molecule has 2 heterocycles. The first-order valence-electron chi connectivity index (χ1n) is 10.6. The minimum Gasteiger partial charge on any atom is -0.495 e. The molecule has 158 valence electrons. The topological polar surface area (TPSA) is 44.9 Å². The largest absolute Gasteiger partial charge is 0.495 e. The van der Waals surface area contributed by atoms with E-state index < -0.39 is 0 Å². The van der Waals surface area contributed by atoms with E-state index in [9.17, 15) is 0 Å². The zero-order valence-electron chi connectivity index (χ0n) is 18.1. The quantitative estimate of drug-likeness (QED) is 0.351. The Morgan fingerprint density at radius 3 is 2.53 bits per heavy atom. The molecule has 0 aliphatic rings.